The molecule has 4 rings (SSSR count). The number of aromatic nitrogens is 2. The first-order valence-electron chi connectivity index (χ1n) is 11.0. The van der Waals surface area contributed by atoms with Crippen LogP contribution in [0.4, 0.5) is 5.69 Å². The van der Waals surface area contributed by atoms with E-state index in [-0.39, 0.29) is 17.7 Å². The number of hydrogen-bond acceptors (Lipinski definition) is 5. The number of anilines is 1. The first-order chi connectivity index (χ1) is 16.5. The van der Waals surface area contributed by atoms with Gasteiger partial charge in [-0.2, -0.15) is 0 Å². The van der Waals surface area contributed by atoms with E-state index in [4.69, 9.17) is 11.5 Å². The predicted octanol–water partition coefficient (Wildman–Crippen LogP) is 1.67. The fraction of sp³-hybridized carbons (Fsp3) is 0.208. The second kappa shape index (κ2) is 10.2. The summed E-state index contributed by atoms with van der Waals surface area (Å²) in [6.45, 7) is 1.78. The van der Waals surface area contributed by atoms with Gasteiger partial charge in [0.25, 0.3) is 17.7 Å². The number of fused-ring (bicyclic) bond motifs is 2. The Balaban J connectivity index is 1.47. The zero-order valence-electron chi connectivity index (χ0n) is 18.5. The second-order valence-electron chi connectivity index (χ2n) is 7.87. The maximum absolute atomic E-state index is 12.8. The third-order valence-electron chi connectivity index (χ3n) is 5.35. The Labute approximate surface area is 195 Å². The summed E-state index contributed by atoms with van der Waals surface area (Å²) in [6.07, 6.45) is 0.707. The summed E-state index contributed by atoms with van der Waals surface area (Å²) in [4.78, 5) is 43.4. The Morgan fingerprint density at radius 2 is 1.44 bits per heavy atom. The van der Waals surface area contributed by atoms with Crippen LogP contribution in [0.15, 0.2) is 48.5 Å². The third-order valence-corrected chi connectivity index (χ3v) is 5.35. The Morgan fingerprint density at radius 1 is 0.706 bits per heavy atom. The molecule has 0 spiro atoms. The number of H-pyrrole nitrogens is 2. The number of carbonyl (C=O) groups excluding carboxylic acids is 3. The summed E-state index contributed by atoms with van der Waals surface area (Å²) in [6, 6.07) is 14.0. The van der Waals surface area contributed by atoms with Crippen LogP contribution < -0.4 is 27.4 Å². The minimum Gasteiger partial charge on any atom is -0.351 e. The standard InChI is InChI=1S/C24H27N7O3/c25-6-1-8-27-23(33)20-11-14-2-4-17(13-19(14)31-20)29-24(34)21-12-16-10-15(3-5-18(16)30-21)22(32)28-9-7-26/h2-5,10-13,30-31H,1,6-9,25-26H2,(H,27,33)(H,28,32)(H,29,34). The second-order valence-corrected chi connectivity index (χ2v) is 7.87. The van der Waals surface area contributed by atoms with E-state index < -0.39 is 0 Å². The van der Waals surface area contributed by atoms with Gasteiger partial charge in [0.2, 0.25) is 0 Å². The molecule has 0 fully saturated rings. The van der Waals surface area contributed by atoms with Crippen molar-refractivity contribution >= 4 is 45.2 Å². The van der Waals surface area contributed by atoms with Crippen LogP contribution >= 0.6 is 0 Å². The summed E-state index contributed by atoms with van der Waals surface area (Å²) in [5, 5.41) is 9.99. The Bertz CT molecular complexity index is 1360. The largest absolute Gasteiger partial charge is 0.351 e. The lowest BCUT2D eigenvalue weighted by Gasteiger charge is -2.04. The average molecular weight is 462 g/mol. The average Bonchev–Trinajstić information content (AvgIpc) is 3.46. The van der Waals surface area contributed by atoms with E-state index in [1.54, 1.807) is 42.5 Å². The van der Waals surface area contributed by atoms with E-state index >= 15 is 0 Å². The van der Waals surface area contributed by atoms with Crippen LogP contribution in [0.5, 0.6) is 0 Å². The van der Waals surface area contributed by atoms with Crippen molar-refractivity contribution in [3.63, 3.8) is 0 Å². The minimum atomic E-state index is -0.323. The summed E-state index contributed by atoms with van der Waals surface area (Å²) < 4.78 is 0. The van der Waals surface area contributed by atoms with Gasteiger partial charge in [0.1, 0.15) is 11.4 Å². The van der Waals surface area contributed by atoms with Crippen LogP contribution in [-0.4, -0.2) is 53.9 Å². The molecule has 10 heteroatoms. The molecular formula is C24H27N7O3. The molecule has 0 bridgehead atoms. The first kappa shape index (κ1) is 23.0. The van der Waals surface area contributed by atoms with Gasteiger partial charge in [0.05, 0.1) is 0 Å². The smallest absolute Gasteiger partial charge is 0.272 e. The SMILES string of the molecule is NCCCNC(=O)c1cc2ccc(NC(=O)c3cc4cc(C(=O)NCCN)ccc4[nH]3)cc2[nH]1. The van der Waals surface area contributed by atoms with Gasteiger partial charge in [-0.25, -0.2) is 0 Å². The monoisotopic (exact) mass is 461 g/mol. The van der Waals surface area contributed by atoms with Crippen molar-refractivity contribution in [1.82, 2.24) is 20.6 Å². The highest BCUT2D eigenvalue weighted by molar-refractivity contribution is 6.08. The summed E-state index contributed by atoms with van der Waals surface area (Å²) in [7, 11) is 0. The number of aromatic amines is 2. The molecule has 0 saturated carbocycles. The van der Waals surface area contributed by atoms with Gasteiger partial charge in [-0.1, -0.05) is 6.07 Å². The summed E-state index contributed by atoms with van der Waals surface area (Å²) >= 11 is 0. The fourth-order valence-corrected chi connectivity index (χ4v) is 3.61. The highest BCUT2D eigenvalue weighted by Crippen LogP contribution is 2.22. The van der Waals surface area contributed by atoms with Crippen molar-refractivity contribution in [1.29, 1.82) is 0 Å². The van der Waals surface area contributed by atoms with Gasteiger partial charge in [-0.05, 0) is 55.4 Å². The van der Waals surface area contributed by atoms with Gasteiger partial charge >= 0.3 is 0 Å². The number of benzene rings is 2. The molecule has 0 saturated heterocycles. The minimum absolute atomic E-state index is 0.204. The van der Waals surface area contributed by atoms with E-state index in [2.05, 4.69) is 25.9 Å². The lowest BCUT2D eigenvalue weighted by atomic mass is 10.1. The number of nitrogens with two attached hydrogens (primary N) is 2. The molecule has 2 aromatic carbocycles. The molecule has 2 aromatic heterocycles. The highest BCUT2D eigenvalue weighted by Gasteiger charge is 2.14. The predicted molar refractivity (Wildman–Crippen MR) is 132 cm³/mol. The van der Waals surface area contributed by atoms with Crippen molar-refractivity contribution in [2.75, 3.05) is 31.5 Å². The first-order valence-corrected chi connectivity index (χ1v) is 11.0. The van der Waals surface area contributed by atoms with Crippen molar-refractivity contribution in [3.05, 3.63) is 65.5 Å². The van der Waals surface area contributed by atoms with E-state index in [0.717, 1.165) is 21.8 Å². The lowest BCUT2D eigenvalue weighted by molar-refractivity contribution is 0.0943. The highest BCUT2D eigenvalue weighted by atomic mass is 16.2. The normalized spacial score (nSPS) is 11.0. The molecule has 0 aliphatic heterocycles. The molecule has 10 nitrogen and oxygen atoms in total. The van der Waals surface area contributed by atoms with E-state index in [9.17, 15) is 14.4 Å². The van der Waals surface area contributed by atoms with Crippen LogP contribution in [0.25, 0.3) is 21.8 Å². The zero-order valence-corrected chi connectivity index (χ0v) is 18.5. The molecule has 0 aliphatic rings. The molecule has 176 valence electrons. The number of amides is 3. The summed E-state index contributed by atoms with van der Waals surface area (Å²) in [5.74, 6) is -0.744. The Kier molecular flexibility index (Phi) is 6.90. The maximum atomic E-state index is 12.8. The van der Waals surface area contributed by atoms with Crippen LogP contribution in [0.2, 0.25) is 0 Å². The van der Waals surface area contributed by atoms with E-state index in [0.29, 0.717) is 55.2 Å². The number of hydrogen-bond donors (Lipinski definition) is 7. The molecule has 4 aromatic rings. The van der Waals surface area contributed by atoms with Crippen LogP contribution in [0.1, 0.15) is 37.8 Å². The quantitative estimate of drug-likeness (QED) is 0.188. The van der Waals surface area contributed by atoms with Gasteiger partial charge < -0.3 is 37.4 Å². The van der Waals surface area contributed by atoms with E-state index in [1.165, 1.54) is 0 Å². The molecule has 3 amide bonds. The molecule has 34 heavy (non-hydrogen) atoms. The number of rotatable bonds is 9. The molecule has 2 heterocycles. The third kappa shape index (κ3) is 5.08. The van der Waals surface area contributed by atoms with Crippen molar-refractivity contribution in [2.24, 2.45) is 11.5 Å². The van der Waals surface area contributed by atoms with Gasteiger partial charge in [0, 0.05) is 52.7 Å². The number of carbonyl (C=O) groups is 3. The van der Waals surface area contributed by atoms with E-state index in [1.807, 2.05) is 6.07 Å². The van der Waals surface area contributed by atoms with Gasteiger partial charge in [-0.3, -0.25) is 14.4 Å². The van der Waals surface area contributed by atoms with Gasteiger partial charge in [-0.15, -0.1) is 0 Å². The molecule has 0 aliphatic carbocycles. The fourth-order valence-electron chi connectivity index (χ4n) is 3.61. The van der Waals surface area contributed by atoms with Crippen molar-refractivity contribution < 1.29 is 14.4 Å². The van der Waals surface area contributed by atoms with Crippen LogP contribution in [-0.2, 0) is 0 Å². The molecule has 0 unspecified atom stereocenters. The molecule has 9 N–H and O–H groups in total. The van der Waals surface area contributed by atoms with Crippen molar-refractivity contribution in [3.8, 4) is 0 Å². The van der Waals surface area contributed by atoms with Gasteiger partial charge in [0.15, 0.2) is 0 Å². The molecule has 0 radical (unpaired) electrons. The van der Waals surface area contributed by atoms with Crippen LogP contribution in [0, 0.1) is 0 Å². The maximum Gasteiger partial charge on any atom is 0.272 e. The Morgan fingerprint density at radius 3 is 2.24 bits per heavy atom. The zero-order chi connectivity index (χ0) is 24.1. The van der Waals surface area contributed by atoms with Crippen LogP contribution in [0.3, 0.4) is 0 Å². The lowest BCUT2D eigenvalue weighted by Crippen LogP contribution is -2.28. The summed E-state index contributed by atoms with van der Waals surface area (Å²) in [5.41, 5.74) is 14.2. The molecule has 0 atom stereocenters. The van der Waals surface area contributed by atoms with Crippen molar-refractivity contribution in [2.45, 2.75) is 6.42 Å². The molecular weight excluding hydrogens is 434 g/mol. The number of nitrogens with one attached hydrogen (secondary N) is 5. The Hall–Kier alpha value is -4.15. The topological polar surface area (TPSA) is 171 Å².